The minimum absolute atomic E-state index is 0.0142. The van der Waals surface area contributed by atoms with Crippen LogP contribution in [0.2, 0.25) is 0 Å². The van der Waals surface area contributed by atoms with Crippen LogP contribution in [0.25, 0.3) is 0 Å². The van der Waals surface area contributed by atoms with Crippen molar-refractivity contribution in [3.05, 3.63) is 59.7 Å². The number of benzene rings is 2. The van der Waals surface area contributed by atoms with E-state index in [4.69, 9.17) is 4.74 Å². The number of aryl methyl sites for hydroxylation is 1. The summed E-state index contributed by atoms with van der Waals surface area (Å²) in [4.78, 5) is 14.9. The number of amides is 1. The minimum atomic E-state index is -3.65. The number of carbonyl (C=O) groups excluding carboxylic acids is 1. The Balaban J connectivity index is 1.72. The van der Waals surface area contributed by atoms with Crippen molar-refractivity contribution >= 4 is 15.9 Å². The van der Waals surface area contributed by atoms with Crippen molar-refractivity contribution in [1.29, 1.82) is 0 Å². The van der Waals surface area contributed by atoms with Crippen LogP contribution in [0.4, 0.5) is 0 Å². The molecule has 6 nitrogen and oxygen atoms in total. The van der Waals surface area contributed by atoms with Gasteiger partial charge >= 0.3 is 0 Å². The molecule has 1 atom stereocenters. The third kappa shape index (κ3) is 4.79. The summed E-state index contributed by atoms with van der Waals surface area (Å²) in [6, 6.07) is 14.6. The highest BCUT2D eigenvalue weighted by Crippen LogP contribution is 2.28. The van der Waals surface area contributed by atoms with Gasteiger partial charge in [0, 0.05) is 26.7 Å². The summed E-state index contributed by atoms with van der Waals surface area (Å²) in [6.45, 7) is 2.98. The van der Waals surface area contributed by atoms with Gasteiger partial charge in [-0.15, -0.1) is 0 Å². The van der Waals surface area contributed by atoms with Gasteiger partial charge in [-0.2, -0.15) is 4.31 Å². The Kier molecular flexibility index (Phi) is 6.59. The molecule has 0 aromatic heterocycles. The smallest absolute Gasteiger partial charge is 0.243 e. The molecular weight excluding hydrogens is 388 g/mol. The lowest BCUT2D eigenvalue weighted by atomic mass is 9.98. The molecule has 3 rings (SSSR count). The number of hydrogen-bond donors (Lipinski definition) is 0. The molecule has 0 N–H and O–H groups in total. The molecule has 1 amide bonds. The van der Waals surface area contributed by atoms with Crippen LogP contribution in [0.15, 0.2) is 53.4 Å². The van der Waals surface area contributed by atoms with Gasteiger partial charge in [0.1, 0.15) is 5.75 Å². The molecule has 0 bridgehead atoms. The van der Waals surface area contributed by atoms with E-state index in [9.17, 15) is 13.2 Å². The standard InChI is InChI=1S/C22H28N2O4S/c1-17-14-20(11-12-21(17)28-3)29(26,27)24-13-7-10-19(16-24)22(25)23(2)15-18-8-5-4-6-9-18/h4-6,8-9,11-12,14,19H,7,10,13,15-16H2,1-3H3/t19-/m0/s1. The summed E-state index contributed by atoms with van der Waals surface area (Å²) in [5.74, 6) is 0.310. The Hall–Kier alpha value is -2.38. The zero-order valence-electron chi connectivity index (χ0n) is 17.2. The van der Waals surface area contributed by atoms with Gasteiger partial charge in [0.05, 0.1) is 17.9 Å². The second-order valence-corrected chi connectivity index (χ2v) is 9.45. The van der Waals surface area contributed by atoms with Crippen LogP contribution in [0.1, 0.15) is 24.0 Å². The molecule has 156 valence electrons. The third-order valence-electron chi connectivity index (χ3n) is 5.38. The molecule has 2 aromatic carbocycles. The van der Waals surface area contributed by atoms with Gasteiger partial charge in [-0.1, -0.05) is 30.3 Å². The van der Waals surface area contributed by atoms with Crippen molar-refractivity contribution in [1.82, 2.24) is 9.21 Å². The lowest BCUT2D eigenvalue weighted by molar-refractivity contribution is -0.135. The highest BCUT2D eigenvalue weighted by Gasteiger charge is 2.34. The topological polar surface area (TPSA) is 66.9 Å². The zero-order chi connectivity index (χ0) is 21.0. The van der Waals surface area contributed by atoms with Crippen molar-refractivity contribution in [2.24, 2.45) is 5.92 Å². The van der Waals surface area contributed by atoms with Gasteiger partial charge in [0.15, 0.2) is 0 Å². The molecule has 0 aliphatic carbocycles. The first-order chi connectivity index (χ1) is 13.8. The third-order valence-corrected chi connectivity index (χ3v) is 7.24. The highest BCUT2D eigenvalue weighted by molar-refractivity contribution is 7.89. The molecule has 1 heterocycles. The number of nitrogens with zero attached hydrogens (tertiary/aromatic N) is 2. The molecule has 2 aromatic rings. The predicted octanol–water partition coefficient (Wildman–Crippen LogP) is 3.06. The summed E-state index contributed by atoms with van der Waals surface area (Å²) in [6.07, 6.45) is 1.37. The quantitative estimate of drug-likeness (QED) is 0.726. The fourth-order valence-electron chi connectivity index (χ4n) is 3.77. The van der Waals surface area contributed by atoms with Crippen LogP contribution in [0, 0.1) is 12.8 Å². The van der Waals surface area contributed by atoms with Crippen molar-refractivity contribution in [2.75, 3.05) is 27.2 Å². The first kappa shape index (κ1) is 21.3. The van der Waals surface area contributed by atoms with E-state index >= 15 is 0 Å². The second-order valence-electron chi connectivity index (χ2n) is 7.51. The van der Waals surface area contributed by atoms with Crippen LogP contribution in [-0.4, -0.2) is 50.8 Å². The van der Waals surface area contributed by atoms with Gasteiger partial charge in [0.2, 0.25) is 15.9 Å². The minimum Gasteiger partial charge on any atom is -0.496 e. The van der Waals surface area contributed by atoms with Gasteiger partial charge in [-0.3, -0.25) is 4.79 Å². The van der Waals surface area contributed by atoms with E-state index in [1.807, 2.05) is 37.3 Å². The number of methoxy groups -OCH3 is 1. The lowest BCUT2D eigenvalue weighted by Gasteiger charge is -2.33. The van der Waals surface area contributed by atoms with Crippen molar-refractivity contribution in [3.63, 3.8) is 0 Å². The molecule has 0 saturated carbocycles. The Labute approximate surface area is 173 Å². The molecule has 0 radical (unpaired) electrons. The van der Waals surface area contributed by atoms with E-state index in [2.05, 4.69) is 0 Å². The van der Waals surface area contributed by atoms with Gasteiger partial charge in [0.25, 0.3) is 0 Å². The van der Waals surface area contributed by atoms with E-state index in [0.717, 1.165) is 11.1 Å². The second kappa shape index (κ2) is 8.97. The van der Waals surface area contributed by atoms with E-state index in [1.165, 1.54) is 4.31 Å². The van der Waals surface area contributed by atoms with Crippen molar-refractivity contribution in [2.45, 2.75) is 31.2 Å². The van der Waals surface area contributed by atoms with E-state index in [1.54, 1.807) is 37.3 Å². The summed E-state index contributed by atoms with van der Waals surface area (Å²) in [5.41, 5.74) is 1.82. The highest BCUT2D eigenvalue weighted by atomic mass is 32.2. The Morgan fingerprint density at radius 3 is 2.59 bits per heavy atom. The van der Waals surface area contributed by atoms with Crippen molar-refractivity contribution < 1.29 is 17.9 Å². The Bertz CT molecular complexity index is 960. The molecule has 29 heavy (non-hydrogen) atoms. The molecule has 1 saturated heterocycles. The Morgan fingerprint density at radius 2 is 1.93 bits per heavy atom. The number of piperidine rings is 1. The van der Waals surface area contributed by atoms with Crippen LogP contribution in [0.5, 0.6) is 5.75 Å². The van der Waals surface area contributed by atoms with Crippen LogP contribution in [0.3, 0.4) is 0 Å². The number of rotatable bonds is 6. The van der Waals surface area contributed by atoms with E-state index in [-0.39, 0.29) is 23.3 Å². The van der Waals surface area contributed by atoms with E-state index in [0.29, 0.717) is 31.7 Å². The predicted molar refractivity (Wildman–Crippen MR) is 112 cm³/mol. The molecule has 7 heteroatoms. The average Bonchev–Trinajstić information content (AvgIpc) is 2.74. The molecular formula is C22H28N2O4S. The van der Waals surface area contributed by atoms with Crippen LogP contribution >= 0.6 is 0 Å². The van der Waals surface area contributed by atoms with Crippen LogP contribution < -0.4 is 4.74 Å². The molecule has 1 aliphatic heterocycles. The zero-order valence-corrected chi connectivity index (χ0v) is 18.0. The van der Waals surface area contributed by atoms with Crippen LogP contribution in [-0.2, 0) is 21.4 Å². The fourth-order valence-corrected chi connectivity index (χ4v) is 5.38. The Morgan fingerprint density at radius 1 is 1.21 bits per heavy atom. The number of hydrogen-bond acceptors (Lipinski definition) is 4. The summed E-state index contributed by atoms with van der Waals surface area (Å²) in [7, 11) is -0.321. The van der Waals surface area contributed by atoms with E-state index < -0.39 is 10.0 Å². The van der Waals surface area contributed by atoms with Gasteiger partial charge in [-0.05, 0) is 49.1 Å². The first-order valence-corrected chi connectivity index (χ1v) is 11.2. The first-order valence-electron chi connectivity index (χ1n) is 9.76. The van der Waals surface area contributed by atoms with Gasteiger partial charge in [-0.25, -0.2) is 8.42 Å². The maximum atomic E-state index is 13.1. The molecule has 1 aliphatic rings. The molecule has 1 fully saturated rings. The normalized spacial score (nSPS) is 17.7. The number of ether oxygens (including phenoxy) is 1. The van der Waals surface area contributed by atoms with Gasteiger partial charge < -0.3 is 9.64 Å². The monoisotopic (exact) mass is 416 g/mol. The number of carbonyl (C=O) groups is 1. The number of sulfonamides is 1. The summed E-state index contributed by atoms with van der Waals surface area (Å²) >= 11 is 0. The SMILES string of the molecule is COc1ccc(S(=O)(=O)N2CCC[C@H](C(=O)N(C)Cc3ccccc3)C2)cc1C. The summed E-state index contributed by atoms with van der Waals surface area (Å²) in [5, 5.41) is 0. The maximum Gasteiger partial charge on any atom is 0.243 e. The fraction of sp³-hybridized carbons (Fsp3) is 0.409. The lowest BCUT2D eigenvalue weighted by Crippen LogP contribution is -2.45. The average molecular weight is 417 g/mol. The molecule has 0 unspecified atom stereocenters. The largest absolute Gasteiger partial charge is 0.496 e. The summed E-state index contributed by atoms with van der Waals surface area (Å²) < 4.78 is 32.9. The van der Waals surface area contributed by atoms with Crippen molar-refractivity contribution in [3.8, 4) is 5.75 Å². The molecule has 0 spiro atoms. The maximum absolute atomic E-state index is 13.1.